The molecule has 0 aliphatic rings. The number of esters is 1. The van der Waals surface area contributed by atoms with Gasteiger partial charge < -0.3 is 10.1 Å². The summed E-state index contributed by atoms with van der Waals surface area (Å²) in [6.07, 6.45) is 1.92. The largest absolute Gasteiger partial charge is 0.449 e. The van der Waals surface area contributed by atoms with E-state index in [4.69, 9.17) is 27.9 Å². The van der Waals surface area contributed by atoms with Gasteiger partial charge in [0, 0.05) is 11.1 Å². The number of rotatable bonds is 5. The van der Waals surface area contributed by atoms with E-state index in [-0.39, 0.29) is 0 Å². The van der Waals surface area contributed by atoms with Gasteiger partial charge in [-0.1, -0.05) is 53.5 Å². The van der Waals surface area contributed by atoms with E-state index < -0.39 is 18.0 Å². The number of halogens is 2. The van der Waals surface area contributed by atoms with Gasteiger partial charge >= 0.3 is 5.97 Å². The standard InChI is InChI=1S/C18H15Cl2NO3/c1-12(18(23)21-16-9-8-14(19)11-15(16)20)24-17(22)10-7-13-5-3-2-4-6-13/h2-12H,1H3,(H,21,23)/b10-7+. The first-order valence-electron chi connectivity index (χ1n) is 7.15. The highest BCUT2D eigenvalue weighted by atomic mass is 35.5. The molecule has 0 spiro atoms. The predicted molar refractivity (Wildman–Crippen MR) is 96.1 cm³/mol. The molecule has 2 aromatic carbocycles. The van der Waals surface area contributed by atoms with Crippen molar-refractivity contribution in [2.75, 3.05) is 5.32 Å². The summed E-state index contributed by atoms with van der Waals surface area (Å²) >= 11 is 11.8. The van der Waals surface area contributed by atoms with Gasteiger partial charge in [0.1, 0.15) is 0 Å². The number of benzene rings is 2. The van der Waals surface area contributed by atoms with Crippen molar-refractivity contribution in [3.05, 3.63) is 70.2 Å². The minimum Gasteiger partial charge on any atom is -0.449 e. The van der Waals surface area contributed by atoms with Crippen LogP contribution >= 0.6 is 23.2 Å². The second-order valence-corrected chi connectivity index (χ2v) is 5.78. The first-order valence-corrected chi connectivity index (χ1v) is 7.91. The molecule has 1 unspecified atom stereocenters. The fourth-order valence-electron chi connectivity index (χ4n) is 1.82. The maximum atomic E-state index is 12.1. The molecule has 0 aromatic heterocycles. The molecule has 0 bridgehead atoms. The van der Waals surface area contributed by atoms with Crippen LogP contribution in [0.1, 0.15) is 12.5 Å². The quantitative estimate of drug-likeness (QED) is 0.624. The lowest BCUT2D eigenvalue weighted by Crippen LogP contribution is -2.29. The van der Waals surface area contributed by atoms with Crippen molar-refractivity contribution >= 4 is 46.8 Å². The maximum absolute atomic E-state index is 12.1. The van der Waals surface area contributed by atoms with Gasteiger partial charge in [-0.15, -0.1) is 0 Å². The third kappa shape index (κ3) is 5.41. The monoisotopic (exact) mass is 363 g/mol. The number of nitrogens with one attached hydrogen (secondary N) is 1. The third-order valence-corrected chi connectivity index (χ3v) is 3.61. The molecular formula is C18H15Cl2NO3. The predicted octanol–water partition coefficient (Wildman–Crippen LogP) is 4.58. The summed E-state index contributed by atoms with van der Waals surface area (Å²) in [5.41, 5.74) is 1.26. The number of carbonyl (C=O) groups excluding carboxylic acids is 2. The van der Waals surface area contributed by atoms with Crippen molar-refractivity contribution in [2.24, 2.45) is 0 Å². The molecule has 1 N–H and O–H groups in total. The van der Waals surface area contributed by atoms with E-state index in [1.54, 1.807) is 18.2 Å². The number of anilines is 1. The Labute approximate surface area is 150 Å². The van der Waals surface area contributed by atoms with Crippen molar-refractivity contribution in [3.8, 4) is 0 Å². The smallest absolute Gasteiger partial charge is 0.331 e. The number of carbonyl (C=O) groups is 2. The molecule has 0 aliphatic carbocycles. The Kier molecular flexibility index (Phi) is 6.41. The second kappa shape index (κ2) is 8.52. The lowest BCUT2D eigenvalue weighted by molar-refractivity contribution is -0.148. The highest BCUT2D eigenvalue weighted by molar-refractivity contribution is 6.36. The molecule has 6 heteroatoms. The molecule has 2 aromatic rings. The van der Waals surface area contributed by atoms with Crippen LogP contribution < -0.4 is 5.32 Å². The molecule has 4 nitrogen and oxygen atoms in total. The van der Waals surface area contributed by atoms with Crippen LogP contribution in [0.25, 0.3) is 6.08 Å². The summed E-state index contributed by atoms with van der Waals surface area (Å²) in [7, 11) is 0. The van der Waals surface area contributed by atoms with Gasteiger partial charge in [-0.2, -0.15) is 0 Å². The van der Waals surface area contributed by atoms with Gasteiger partial charge in [-0.25, -0.2) is 4.79 Å². The van der Waals surface area contributed by atoms with E-state index in [0.29, 0.717) is 15.7 Å². The van der Waals surface area contributed by atoms with E-state index in [1.165, 1.54) is 19.1 Å². The molecule has 0 saturated heterocycles. The van der Waals surface area contributed by atoms with E-state index in [9.17, 15) is 9.59 Å². The van der Waals surface area contributed by atoms with Crippen LogP contribution in [0, 0.1) is 0 Å². The van der Waals surface area contributed by atoms with Crippen LogP contribution in [0.3, 0.4) is 0 Å². The molecule has 0 fully saturated rings. The molecule has 0 heterocycles. The molecule has 2 rings (SSSR count). The highest BCUT2D eigenvalue weighted by Gasteiger charge is 2.17. The van der Waals surface area contributed by atoms with E-state index in [1.807, 2.05) is 30.3 Å². The average Bonchev–Trinajstić information content (AvgIpc) is 2.56. The van der Waals surface area contributed by atoms with E-state index in [0.717, 1.165) is 5.56 Å². The Balaban J connectivity index is 1.91. The Bertz CT molecular complexity index is 760. The SMILES string of the molecule is CC(OC(=O)/C=C/c1ccccc1)C(=O)Nc1ccc(Cl)cc1Cl. The highest BCUT2D eigenvalue weighted by Crippen LogP contribution is 2.25. The zero-order valence-electron chi connectivity index (χ0n) is 12.8. The fourth-order valence-corrected chi connectivity index (χ4v) is 2.28. The molecule has 124 valence electrons. The molecule has 1 amide bonds. The summed E-state index contributed by atoms with van der Waals surface area (Å²) in [6.45, 7) is 1.48. The van der Waals surface area contributed by atoms with Gasteiger partial charge in [-0.3, -0.25) is 4.79 Å². The lowest BCUT2D eigenvalue weighted by Gasteiger charge is -2.13. The van der Waals surface area contributed by atoms with Gasteiger partial charge in [0.05, 0.1) is 10.7 Å². The topological polar surface area (TPSA) is 55.4 Å². The summed E-state index contributed by atoms with van der Waals surface area (Å²) in [5.74, 6) is -1.09. The van der Waals surface area contributed by atoms with Crippen molar-refractivity contribution < 1.29 is 14.3 Å². The normalized spacial score (nSPS) is 12.0. The Hall–Kier alpha value is -2.30. The van der Waals surface area contributed by atoms with Crippen LogP contribution in [0.15, 0.2) is 54.6 Å². The molecule has 0 saturated carbocycles. The van der Waals surface area contributed by atoms with Crippen molar-refractivity contribution in [1.29, 1.82) is 0 Å². The third-order valence-electron chi connectivity index (χ3n) is 3.06. The molecule has 1 atom stereocenters. The Morgan fingerprint density at radius 2 is 1.83 bits per heavy atom. The number of ether oxygens (including phenoxy) is 1. The van der Waals surface area contributed by atoms with Crippen molar-refractivity contribution in [2.45, 2.75) is 13.0 Å². The zero-order chi connectivity index (χ0) is 17.5. The zero-order valence-corrected chi connectivity index (χ0v) is 14.3. The van der Waals surface area contributed by atoms with Crippen LogP contribution in [-0.2, 0) is 14.3 Å². The summed E-state index contributed by atoms with van der Waals surface area (Å²) in [6, 6.07) is 14.0. The minimum absolute atomic E-state index is 0.304. The van der Waals surface area contributed by atoms with Crippen LogP contribution in [0.2, 0.25) is 10.0 Å². The summed E-state index contributed by atoms with van der Waals surface area (Å²) in [4.78, 5) is 23.8. The van der Waals surface area contributed by atoms with Gasteiger partial charge in [0.2, 0.25) is 0 Å². The first kappa shape index (κ1) is 18.0. The molecular weight excluding hydrogens is 349 g/mol. The summed E-state index contributed by atoms with van der Waals surface area (Å²) < 4.78 is 5.06. The number of hydrogen-bond acceptors (Lipinski definition) is 3. The van der Waals surface area contributed by atoms with Crippen molar-refractivity contribution in [3.63, 3.8) is 0 Å². The van der Waals surface area contributed by atoms with E-state index in [2.05, 4.69) is 5.32 Å². The Morgan fingerprint density at radius 1 is 1.12 bits per heavy atom. The van der Waals surface area contributed by atoms with Gasteiger partial charge in [0.15, 0.2) is 6.10 Å². The number of hydrogen-bond donors (Lipinski definition) is 1. The fraction of sp³-hybridized carbons (Fsp3) is 0.111. The maximum Gasteiger partial charge on any atom is 0.331 e. The molecule has 0 aliphatic heterocycles. The van der Waals surface area contributed by atoms with Gasteiger partial charge in [0.25, 0.3) is 5.91 Å². The van der Waals surface area contributed by atoms with Crippen LogP contribution in [0.4, 0.5) is 5.69 Å². The summed E-state index contributed by atoms with van der Waals surface area (Å²) in [5, 5.41) is 3.35. The van der Waals surface area contributed by atoms with Crippen LogP contribution in [0.5, 0.6) is 0 Å². The lowest BCUT2D eigenvalue weighted by atomic mass is 10.2. The average molecular weight is 364 g/mol. The second-order valence-electron chi connectivity index (χ2n) is 4.94. The van der Waals surface area contributed by atoms with E-state index >= 15 is 0 Å². The van der Waals surface area contributed by atoms with Crippen LogP contribution in [-0.4, -0.2) is 18.0 Å². The molecule has 0 radical (unpaired) electrons. The molecule has 24 heavy (non-hydrogen) atoms. The van der Waals surface area contributed by atoms with Gasteiger partial charge in [-0.05, 0) is 36.8 Å². The number of amides is 1. The minimum atomic E-state index is -0.968. The van der Waals surface area contributed by atoms with Crippen molar-refractivity contribution in [1.82, 2.24) is 0 Å². The first-order chi connectivity index (χ1) is 11.5. The Morgan fingerprint density at radius 3 is 2.50 bits per heavy atom.